The molecule has 1 heterocycles. The zero-order valence-corrected chi connectivity index (χ0v) is 9.86. The van der Waals surface area contributed by atoms with Crippen LogP contribution in [0.25, 0.3) is 0 Å². The largest absolute Gasteiger partial charge is 0.496 e. The molecular weight excluding hydrogens is 200 g/mol. The lowest BCUT2D eigenvalue weighted by atomic mass is 10.0. The third kappa shape index (κ3) is 2.20. The Bertz CT molecular complexity index is 334. The van der Waals surface area contributed by atoms with E-state index in [4.69, 9.17) is 10.5 Å². The highest BCUT2D eigenvalue weighted by Gasteiger charge is 2.24. The Balaban J connectivity index is 2.24. The van der Waals surface area contributed by atoms with Gasteiger partial charge in [-0.2, -0.15) is 0 Å². The van der Waals surface area contributed by atoms with E-state index in [2.05, 4.69) is 17.0 Å². The van der Waals surface area contributed by atoms with Crippen molar-refractivity contribution in [3.8, 4) is 5.75 Å². The second-order valence-electron chi connectivity index (χ2n) is 4.24. The highest BCUT2D eigenvalue weighted by Crippen LogP contribution is 2.30. The lowest BCUT2D eigenvalue weighted by Crippen LogP contribution is -2.31. The van der Waals surface area contributed by atoms with Crippen LogP contribution < -0.4 is 10.5 Å². The van der Waals surface area contributed by atoms with Gasteiger partial charge in [0.1, 0.15) is 5.75 Å². The summed E-state index contributed by atoms with van der Waals surface area (Å²) in [6.07, 6.45) is 2.57. The van der Waals surface area contributed by atoms with E-state index in [0.717, 1.165) is 18.8 Å². The summed E-state index contributed by atoms with van der Waals surface area (Å²) in [5.41, 5.74) is 7.13. The molecular formula is C13H20N2O. The fourth-order valence-corrected chi connectivity index (χ4v) is 2.47. The van der Waals surface area contributed by atoms with Gasteiger partial charge in [-0.25, -0.2) is 0 Å². The molecule has 0 saturated carbocycles. The van der Waals surface area contributed by atoms with Crippen molar-refractivity contribution >= 4 is 0 Å². The van der Waals surface area contributed by atoms with Crippen LogP contribution in [-0.2, 0) is 0 Å². The third-order valence-electron chi connectivity index (χ3n) is 3.30. The Labute approximate surface area is 97.2 Å². The van der Waals surface area contributed by atoms with Gasteiger partial charge in [-0.15, -0.1) is 0 Å². The van der Waals surface area contributed by atoms with Gasteiger partial charge in [0.05, 0.1) is 13.2 Å². The number of hydrogen-bond donors (Lipinski definition) is 1. The summed E-state index contributed by atoms with van der Waals surface area (Å²) in [6, 6.07) is 8.48. The summed E-state index contributed by atoms with van der Waals surface area (Å²) in [6.45, 7) is 2.96. The molecule has 2 rings (SSSR count). The number of hydrogen-bond acceptors (Lipinski definition) is 3. The first-order chi connectivity index (χ1) is 7.86. The van der Waals surface area contributed by atoms with Gasteiger partial charge in [0.15, 0.2) is 0 Å². The minimum atomic E-state index is 0.304. The minimum Gasteiger partial charge on any atom is -0.496 e. The van der Waals surface area contributed by atoms with E-state index in [1.807, 2.05) is 12.1 Å². The van der Waals surface area contributed by atoms with E-state index in [9.17, 15) is 0 Å². The van der Waals surface area contributed by atoms with E-state index < -0.39 is 0 Å². The number of rotatable bonds is 4. The van der Waals surface area contributed by atoms with Crippen LogP contribution in [0.4, 0.5) is 0 Å². The fraction of sp³-hybridized carbons (Fsp3) is 0.538. The fourth-order valence-electron chi connectivity index (χ4n) is 2.47. The Kier molecular flexibility index (Phi) is 3.80. The van der Waals surface area contributed by atoms with Gasteiger partial charge in [0.2, 0.25) is 0 Å². The van der Waals surface area contributed by atoms with Crippen molar-refractivity contribution in [1.29, 1.82) is 0 Å². The van der Waals surface area contributed by atoms with Crippen LogP contribution >= 0.6 is 0 Å². The molecule has 0 unspecified atom stereocenters. The lowest BCUT2D eigenvalue weighted by Gasteiger charge is -2.27. The van der Waals surface area contributed by atoms with E-state index in [1.54, 1.807) is 7.11 Å². The topological polar surface area (TPSA) is 38.5 Å². The number of methoxy groups -OCH3 is 1. The van der Waals surface area contributed by atoms with Gasteiger partial charge >= 0.3 is 0 Å². The van der Waals surface area contributed by atoms with Crippen molar-refractivity contribution < 1.29 is 4.74 Å². The monoisotopic (exact) mass is 220 g/mol. The van der Waals surface area contributed by atoms with Crippen LogP contribution in [0.15, 0.2) is 24.3 Å². The maximum Gasteiger partial charge on any atom is 0.123 e. The molecule has 1 aliphatic rings. The molecule has 88 valence electrons. The maximum atomic E-state index is 5.91. The molecule has 3 heteroatoms. The summed E-state index contributed by atoms with van der Waals surface area (Å²) in [5, 5.41) is 0. The molecule has 1 fully saturated rings. The molecule has 1 saturated heterocycles. The van der Waals surface area contributed by atoms with E-state index >= 15 is 0 Å². The summed E-state index contributed by atoms with van der Waals surface area (Å²) < 4.78 is 5.41. The van der Waals surface area contributed by atoms with Crippen molar-refractivity contribution in [3.63, 3.8) is 0 Å². The molecule has 0 aliphatic carbocycles. The summed E-state index contributed by atoms with van der Waals surface area (Å²) >= 11 is 0. The Morgan fingerprint density at radius 3 is 2.62 bits per heavy atom. The molecule has 0 amide bonds. The number of para-hydroxylation sites is 1. The molecule has 0 bridgehead atoms. The van der Waals surface area contributed by atoms with Crippen molar-refractivity contribution in [3.05, 3.63) is 29.8 Å². The summed E-state index contributed by atoms with van der Waals surface area (Å²) in [5.74, 6) is 0.949. The minimum absolute atomic E-state index is 0.304. The molecule has 1 aromatic rings. The van der Waals surface area contributed by atoms with Crippen LogP contribution in [-0.4, -0.2) is 31.6 Å². The number of benzene rings is 1. The highest BCUT2D eigenvalue weighted by atomic mass is 16.5. The number of nitrogens with two attached hydrogens (primary N) is 1. The number of ether oxygens (including phenoxy) is 1. The Morgan fingerprint density at radius 2 is 2.00 bits per heavy atom. The van der Waals surface area contributed by atoms with Crippen molar-refractivity contribution in [2.45, 2.75) is 18.9 Å². The van der Waals surface area contributed by atoms with E-state index in [-0.39, 0.29) is 0 Å². The van der Waals surface area contributed by atoms with Crippen LogP contribution in [0.1, 0.15) is 24.4 Å². The SMILES string of the molecule is COc1ccccc1[C@@H](CN)N1CCCC1. The van der Waals surface area contributed by atoms with Crippen LogP contribution in [0.3, 0.4) is 0 Å². The quantitative estimate of drug-likeness (QED) is 0.840. The Morgan fingerprint density at radius 1 is 1.31 bits per heavy atom. The normalized spacial score (nSPS) is 18.6. The van der Waals surface area contributed by atoms with Crippen molar-refractivity contribution in [2.24, 2.45) is 5.73 Å². The number of likely N-dealkylation sites (tertiary alicyclic amines) is 1. The number of nitrogens with zero attached hydrogens (tertiary/aromatic N) is 1. The maximum absolute atomic E-state index is 5.91. The van der Waals surface area contributed by atoms with E-state index in [1.165, 1.54) is 18.4 Å². The molecule has 16 heavy (non-hydrogen) atoms. The lowest BCUT2D eigenvalue weighted by molar-refractivity contribution is 0.245. The van der Waals surface area contributed by atoms with Crippen LogP contribution in [0, 0.1) is 0 Å². The zero-order chi connectivity index (χ0) is 11.4. The summed E-state index contributed by atoms with van der Waals surface area (Å²) in [4.78, 5) is 2.46. The van der Waals surface area contributed by atoms with Gasteiger partial charge in [-0.05, 0) is 32.0 Å². The van der Waals surface area contributed by atoms with Gasteiger partial charge in [0, 0.05) is 12.1 Å². The molecule has 1 aromatic carbocycles. The standard InChI is InChI=1S/C13H20N2O/c1-16-13-7-3-2-6-11(13)12(10-14)15-8-4-5-9-15/h2-3,6-7,12H,4-5,8-10,14H2,1H3/t12-/m1/s1. The first kappa shape index (κ1) is 11.4. The molecule has 0 aromatic heterocycles. The second-order valence-corrected chi connectivity index (χ2v) is 4.24. The van der Waals surface area contributed by atoms with Gasteiger partial charge in [-0.3, -0.25) is 4.90 Å². The average molecular weight is 220 g/mol. The van der Waals surface area contributed by atoms with E-state index in [0.29, 0.717) is 12.6 Å². The molecule has 0 spiro atoms. The molecule has 1 aliphatic heterocycles. The van der Waals surface area contributed by atoms with Gasteiger partial charge in [0.25, 0.3) is 0 Å². The molecule has 2 N–H and O–H groups in total. The predicted octanol–water partition coefficient (Wildman–Crippen LogP) is 1.79. The second kappa shape index (κ2) is 5.32. The van der Waals surface area contributed by atoms with Crippen molar-refractivity contribution in [2.75, 3.05) is 26.7 Å². The average Bonchev–Trinajstić information content (AvgIpc) is 2.84. The highest BCUT2D eigenvalue weighted by molar-refractivity contribution is 5.36. The van der Waals surface area contributed by atoms with Gasteiger partial charge in [-0.1, -0.05) is 18.2 Å². The zero-order valence-electron chi connectivity index (χ0n) is 9.86. The van der Waals surface area contributed by atoms with Crippen LogP contribution in [0.5, 0.6) is 5.75 Å². The van der Waals surface area contributed by atoms with Crippen LogP contribution in [0.2, 0.25) is 0 Å². The third-order valence-corrected chi connectivity index (χ3v) is 3.30. The Hall–Kier alpha value is -1.06. The first-order valence-electron chi connectivity index (χ1n) is 5.94. The summed E-state index contributed by atoms with van der Waals surface area (Å²) in [7, 11) is 1.72. The molecule has 1 atom stereocenters. The smallest absolute Gasteiger partial charge is 0.123 e. The first-order valence-corrected chi connectivity index (χ1v) is 5.94. The van der Waals surface area contributed by atoms with Crippen molar-refractivity contribution in [1.82, 2.24) is 4.90 Å². The molecule has 3 nitrogen and oxygen atoms in total. The predicted molar refractivity (Wildman–Crippen MR) is 65.6 cm³/mol. The molecule has 0 radical (unpaired) electrons. The van der Waals surface area contributed by atoms with Gasteiger partial charge < -0.3 is 10.5 Å².